The van der Waals surface area contributed by atoms with Crippen LogP contribution in [0.2, 0.25) is 0 Å². The molecule has 0 bridgehead atoms. The Morgan fingerprint density at radius 3 is 2.91 bits per heavy atom. The maximum Gasteiger partial charge on any atom is 0.171 e. The van der Waals surface area contributed by atoms with Crippen LogP contribution in [0.5, 0.6) is 0 Å². The van der Waals surface area contributed by atoms with Crippen LogP contribution in [0.4, 0.5) is 5.82 Å². The largest absolute Gasteiger partial charge is 0.375 e. The average molecular weight is 361 g/mol. The number of halogens is 1. The minimum Gasteiger partial charge on any atom is -0.375 e. The summed E-state index contributed by atoms with van der Waals surface area (Å²) in [6, 6.07) is 12.2. The summed E-state index contributed by atoms with van der Waals surface area (Å²) in [4.78, 5) is 4.53. The standard InChI is InChI=1S/C16H17BrN4O/c1-12(10-22-11-13-5-3-2-4-6-13)19-15-7-8-21-16(20-15)14(17)9-18-21/h2-9,12H,10-11H2,1H3,(H,19,20)/t12-/m0/s1. The van der Waals surface area contributed by atoms with E-state index in [0.717, 1.165) is 15.9 Å². The van der Waals surface area contributed by atoms with Gasteiger partial charge in [-0.25, -0.2) is 9.50 Å². The summed E-state index contributed by atoms with van der Waals surface area (Å²) >= 11 is 3.44. The maximum atomic E-state index is 5.73. The quantitative estimate of drug-likeness (QED) is 0.730. The lowest BCUT2D eigenvalue weighted by Gasteiger charge is -2.15. The van der Waals surface area contributed by atoms with E-state index in [1.807, 2.05) is 30.5 Å². The molecule has 5 nitrogen and oxygen atoms in total. The summed E-state index contributed by atoms with van der Waals surface area (Å²) in [6.07, 6.45) is 3.62. The molecule has 0 fully saturated rings. The highest BCUT2D eigenvalue weighted by atomic mass is 79.9. The predicted octanol–water partition coefficient (Wildman–Crippen LogP) is 3.51. The Morgan fingerprint density at radius 1 is 1.27 bits per heavy atom. The molecule has 1 aromatic carbocycles. The minimum absolute atomic E-state index is 0.167. The van der Waals surface area contributed by atoms with Crippen LogP contribution in [0.15, 0.2) is 53.3 Å². The van der Waals surface area contributed by atoms with Crippen molar-refractivity contribution < 1.29 is 4.74 Å². The first-order chi connectivity index (χ1) is 10.7. The van der Waals surface area contributed by atoms with Crippen molar-refractivity contribution in [2.24, 2.45) is 0 Å². The van der Waals surface area contributed by atoms with Crippen molar-refractivity contribution >= 4 is 27.4 Å². The number of nitrogens with zero attached hydrogens (tertiary/aromatic N) is 3. The Balaban J connectivity index is 1.54. The van der Waals surface area contributed by atoms with Crippen molar-refractivity contribution in [2.75, 3.05) is 11.9 Å². The number of ether oxygens (including phenoxy) is 1. The smallest absolute Gasteiger partial charge is 0.171 e. The fourth-order valence-corrected chi connectivity index (χ4v) is 2.51. The van der Waals surface area contributed by atoms with E-state index in [0.29, 0.717) is 13.2 Å². The third-order valence-electron chi connectivity index (χ3n) is 3.20. The number of hydrogen-bond donors (Lipinski definition) is 1. The van der Waals surface area contributed by atoms with Crippen molar-refractivity contribution in [3.8, 4) is 0 Å². The van der Waals surface area contributed by atoms with Gasteiger partial charge in [0, 0.05) is 12.2 Å². The van der Waals surface area contributed by atoms with E-state index in [4.69, 9.17) is 4.74 Å². The minimum atomic E-state index is 0.167. The summed E-state index contributed by atoms with van der Waals surface area (Å²) in [5.74, 6) is 0.810. The third-order valence-corrected chi connectivity index (χ3v) is 3.76. The summed E-state index contributed by atoms with van der Waals surface area (Å²) in [6.45, 7) is 3.30. The summed E-state index contributed by atoms with van der Waals surface area (Å²) in [5, 5.41) is 7.52. The van der Waals surface area contributed by atoms with Gasteiger partial charge in [0.15, 0.2) is 5.65 Å². The second kappa shape index (κ2) is 6.89. The van der Waals surface area contributed by atoms with E-state index in [1.54, 1.807) is 10.7 Å². The third kappa shape index (κ3) is 3.64. The lowest BCUT2D eigenvalue weighted by atomic mass is 10.2. The number of nitrogens with one attached hydrogen (secondary N) is 1. The molecule has 0 spiro atoms. The van der Waals surface area contributed by atoms with Crippen LogP contribution < -0.4 is 5.32 Å². The molecule has 0 aliphatic heterocycles. The molecule has 6 heteroatoms. The van der Waals surface area contributed by atoms with Gasteiger partial charge in [-0.2, -0.15) is 5.10 Å². The molecule has 3 aromatic rings. The molecule has 1 N–H and O–H groups in total. The van der Waals surface area contributed by atoms with Gasteiger partial charge in [-0.1, -0.05) is 30.3 Å². The first-order valence-corrected chi connectivity index (χ1v) is 7.90. The highest BCUT2D eigenvalue weighted by Gasteiger charge is 2.07. The zero-order chi connectivity index (χ0) is 15.4. The summed E-state index contributed by atoms with van der Waals surface area (Å²) < 4.78 is 8.34. The van der Waals surface area contributed by atoms with Gasteiger partial charge >= 0.3 is 0 Å². The van der Waals surface area contributed by atoms with Crippen molar-refractivity contribution in [2.45, 2.75) is 19.6 Å². The Morgan fingerprint density at radius 2 is 2.09 bits per heavy atom. The zero-order valence-electron chi connectivity index (χ0n) is 12.2. The average Bonchev–Trinajstić information content (AvgIpc) is 2.89. The molecule has 0 saturated heterocycles. The van der Waals surface area contributed by atoms with Gasteiger partial charge in [0.25, 0.3) is 0 Å². The highest BCUT2D eigenvalue weighted by Crippen LogP contribution is 2.17. The molecule has 0 amide bonds. The Labute approximate surface area is 137 Å². The van der Waals surface area contributed by atoms with E-state index in [-0.39, 0.29) is 6.04 Å². The van der Waals surface area contributed by atoms with E-state index >= 15 is 0 Å². The number of fused-ring (bicyclic) bond motifs is 1. The van der Waals surface area contributed by atoms with Crippen molar-refractivity contribution in [1.29, 1.82) is 0 Å². The summed E-state index contributed by atoms with van der Waals surface area (Å²) in [5.41, 5.74) is 1.97. The van der Waals surface area contributed by atoms with Gasteiger partial charge in [0.2, 0.25) is 0 Å². The normalized spacial score (nSPS) is 12.5. The number of benzene rings is 1. The Kier molecular flexibility index (Phi) is 4.70. The predicted molar refractivity (Wildman–Crippen MR) is 89.9 cm³/mol. The molecule has 114 valence electrons. The van der Waals surface area contributed by atoms with E-state index < -0.39 is 0 Å². The van der Waals surface area contributed by atoms with Crippen molar-refractivity contribution in [3.05, 3.63) is 58.8 Å². The van der Waals surface area contributed by atoms with E-state index in [9.17, 15) is 0 Å². The molecule has 2 heterocycles. The summed E-state index contributed by atoms with van der Waals surface area (Å²) in [7, 11) is 0. The molecule has 0 aliphatic carbocycles. The van der Waals surface area contributed by atoms with Gasteiger partial charge in [-0.3, -0.25) is 0 Å². The molecular weight excluding hydrogens is 344 g/mol. The van der Waals surface area contributed by atoms with Gasteiger partial charge in [-0.05, 0) is 34.5 Å². The van der Waals surface area contributed by atoms with Gasteiger partial charge in [0.05, 0.1) is 23.9 Å². The molecule has 2 aromatic heterocycles. The van der Waals surface area contributed by atoms with Crippen LogP contribution in [0.3, 0.4) is 0 Å². The van der Waals surface area contributed by atoms with Gasteiger partial charge < -0.3 is 10.1 Å². The molecule has 22 heavy (non-hydrogen) atoms. The van der Waals surface area contributed by atoms with Crippen LogP contribution in [0, 0.1) is 0 Å². The second-order valence-electron chi connectivity index (χ2n) is 5.12. The topological polar surface area (TPSA) is 51.5 Å². The molecule has 0 aliphatic rings. The van der Waals surface area contributed by atoms with Crippen LogP contribution in [0.25, 0.3) is 5.65 Å². The molecule has 0 radical (unpaired) electrons. The van der Waals surface area contributed by atoms with Crippen LogP contribution >= 0.6 is 15.9 Å². The zero-order valence-corrected chi connectivity index (χ0v) is 13.8. The fraction of sp³-hybridized carbons (Fsp3) is 0.250. The molecular formula is C16H17BrN4O. The second-order valence-corrected chi connectivity index (χ2v) is 5.97. The maximum absolute atomic E-state index is 5.73. The number of hydrogen-bond acceptors (Lipinski definition) is 4. The Hall–Kier alpha value is -1.92. The lowest BCUT2D eigenvalue weighted by Crippen LogP contribution is -2.22. The van der Waals surface area contributed by atoms with Crippen LogP contribution in [0.1, 0.15) is 12.5 Å². The Bertz CT molecular complexity index is 744. The molecule has 3 rings (SSSR count). The van der Waals surface area contributed by atoms with Gasteiger partial charge in [-0.15, -0.1) is 0 Å². The van der Waals surface area contributed by atoms with Crippen molar-refractivity contribution in [1.82, 2.24) is 14.6 Å². The van der Waals surface area contributed by atoms with Gasteiger partial charge in [0.1, 0.15) is 5.82 Å². The number of rotatable bonds is 6. The number of aromatic nitrogens is 3. The van der Waals surface area contributed by atoms with Crippen LogP contribution in [-0.4, -0.2) is 27.2 Å². The first kappa shape index (κ1) is 15.0. The SMILES string of the molecule is C[C@@H](COCc1ccccc1)Nc1ccn2ncc(Br)c2n1. The number of anilines is 1. The molecule has 1 atom stereocenters. The van der Waals surface area contributed by atoms with E-state index in [1.165, 1.54) is 5.56 Å². The molecule has 0 saturated carbocycles. The monoisotopic (exact) mass is 360 g/mol. The lowest BCUT2D eigenvalue weighted by molar-refractivity contribution is 0.115. The first-order valence-electron chi connectivity index (χ1n) is 7.10. The molecule has 0 unspecified atom stereocenters. The van der Waals surface area contributed by atoms with E-state index in [2.05, 4.69) is 50.4 Å². The van der Waals surface area contributed by atoms with Crippen LogP contribution in [-0.2, 0) is 11.3 Å². The fourth-order valence-electron chi connectivity index (χ4n) is 2.14. The van der Waals surface area contributed by atoms with Crippen molar-refractivity contribution in [3.63, 3.8) is 0 Å². The highest BCUT2D eigenvalue weighted by molar-refractivity contribution is 9.10.